The van der Waals surface area contributed by atoms with Gasteiger partial charge in [-0.05, 0) is 46.3 Å². The molecule has 0 aliphatic rings. The van der Waals surface area contributed by atoms with E-state index in [-0.39, 0.29) is 10.7 Å². The molecular weight excluding hydrogens is 325 g/mol. The number of benzene rings is 2. The maximum absolute atomic E-state index is 13.2. The van der Waals surface area contributed by atoms with E-state index in [4.69, 9.17) is 17.3 Å². The second-order valence-corrected chi connectivity index (χ2v) is 4.90. The predicted octanol–water partition coefficient (Wildman–Crippen LogP) is 4.71. The van der Waals surface area contributed by atoms with Gasteiger partial charge in [0, 0.05) is 15.8 Å². The largest absolute Gasteiger partial charge is 0.399 e. The van der Waals surface area contributed by atoms with Crippen molar-refractivity contribution < 1.29 is 8.78 Å². The molecule has 2 aromatic carbocycles. The Hall–Kier alpha value is -1.33. The SMILES string of the molecule is Nc1cc(F)cc(Nc2c(Cl)cc(F)cc2Br)c1. The zero-order valence-electron chi connectivity index (χ0n) is 8.98. The zero-order valence-corrected chi connectivity index (χ0v) is 11.3. The van der Waals surface area contributed by atoms with Gasteiger partial charge in [-0.25, -0.2) is 8.78 Å². The molecule has 0 bridgehead atoms. The fourth-order valence-corrected chi connectivity index (χ4v) is 2.39. The van der Waals surface area contributed by atoms with E-state index in [1.165, 1.54) is 18.2 Å². The van der Waals surface area contributed by atoms with Crippen LogP contribution in [0.4, 0.5) is 25.8 Å². The number of halogens is 4. The van der Waals surface area contributed by atoms with Crippen molar-refractivity contribution in [3.8, 4) is 0 Å². The topological polar surface area (TPSA) is 38.0 Å². The van der Waals surface area contributed by atoms with Crippen LogP contribution in [0, 0.1) is 11.6 Å². The standard InChI is InChI=1S/C12H8BrClF2N2/c13-10-3-7(16)4-11(14)12(10)18-9-2-6(15)1-8(17)5-9/h1-5,18H,17H2. The molecule has 0 saturated heterocycles. The third-order valence-electron chi connectivity index (χ3n) is 2.20. The molecule has 6 heteroatoms. The second-order valence-electron chi connectivity index (χ2n) is 3.64. The summed E-state index contributed by atoms with van der Waals surface area (Å²) in [6.07, 6.45) is 0. The highest BCUT2D eigenvalue weighted by atomic mass is 79.9. The second kappa shape index (κ2) is 5.12. The van der Waals surface area contributed by atoms with Crippen LogP contribution in [0.2, 0.25) is 5.02 Å². The van der Waals surface area contributed by atoms with Crippen LogP contribution >= 0.6 is 27.5 Å². The normalized spacial score (nSPS) is 10.4. The van der Waals surface area contributed by atoms with Crippen LogP contribution in [0.25, 0.3) is 0 Å². The van der Waals surface area contributed by atoms with Crippen molar-refractivity contribution in [1.82, 2.24) is 0 Å². The van der Waals surface area contributed by atoms with Gasteiger partial charge in [0.25, 0.3) is 0 Å². The van der Waals surface area contributed by atoms with Gasteiger partial charge in [0.15, 0.2) is 0 Å². The Morgan fingerprint density at radius 3 is 2.33 bits per heavy atom. The summed E-state index contributed by atoms with van der Waals surface area (Å²) in [5.41, 5.74) is 6.69. The first-order valence-corrected chi connectivity index (χ1v) is 6.10. The quantitative estimate of drug-likeness (QED) is 0.781. The summed E-state index contributed by atoms with van der Waals surface area (Å²) in [5.74, 6) is -0.928. The molecule has 94 valence electrons. The maximum atomic E-state index is 13.2. The summed E-state index contributed by atoms with van der Waals surface area (Å²) in [6, 6.07) is 6.44. The lowest BCUT2D eigenvalue weighted by molar-refractivity contribution is 0.627. The molecule has 0 unspecified atom stereocenters. The highest BCUT2D eigenvalue weighted by molar-refractivity contribution is 9.10. The van der Waals surface area contributed by atoms with Gasteiger partial charge < -0.3 is 11.1 Å². The molecule has 2 rings (SSSR count). The molecule has 0 fully saturated rings. The van der Waals surface area contributed by atoms with E-state index in [1.54, 1.807) is 6.07 Å². The molecule has 2 aromatic rings. The minimum atomic E-state index is -0.466. The molecular formula is C12H8BrClF2N2. The molecule has 2 nitrogen and oxygen atoms in total. The number of nitrogen functional groups attached to an aromatic ring is 1. The van der Waals surface area contributed by atoms with Crippen molar-refractivity contribution in [3.63, 3.8) is 0 Å². The van der Waals surface area contributed by atoms with E-state index in [2.05, 4.69) is 21.2 Å². The maximum Gasteiger partial charge on any atom is 0.127 e. The van der Waals surface area contributed by atoms with E-state index in [1.807, 2.05) is 0 Å². The van der Waals surface area contributed by atoms with E-state index < -0.39 is 11.6 Å². The fourth-order valence-electron chi connectivity index (χ4n) is 1.49. The minimum Gasteiger partial charge on any atom is -0.399 e. The molecule has 0 radical (unpaired) electrons. The summed E-state index contributed by atoms with van der Waals surface area (Å²) in [6.45, 7) is 0. The Bertz CT molecular complexity index is 561. The van der Waals surface area contributed by atoms with E-state index in [0.29, 0.717) is 15.8 Å². The number of nitrogens with two attached hydrogens (primary N) is 1. The van der Waals surface area contributed by atoms with Crippen LogP contribution in [0.5, 0.6) is 0 Å². The van der Waals surface area contributed by atoms with Crippen molar-refractivity contribution in [2.45, 2.75) is 0 Å². The van der Waals surface area contributed by atoms with Gasteiger partial charge in [0.1, 0.15) is 11.6 Å². The van der Waals surface area contributed by atoms with Gasteiger partial charge in [0.2, 0.25) is 0 Å². The van der Waals surface area contributed by atoms with Crippen molar-refractivity contribution in [2.24, 2.45) is 0 Å². The van der Waals surface area contributed by atoms with E-state index >= 15 is 0 Å². The molecule has 3 N–H and O–H groups in total. The van der Waals surface area contributed by atoms with Gasteiger partial charge in [-0.3, -0.25) is 0 Å². The van der Waals surface area contributed by atoms with E-state index in [9.17, 15) is 8.78 Å². The first kappa shape index (κ1) is 13.1. The van der Waals surface area contributed by atoms with Crippen LogP contribution in [-0.4, -0.2) is 0 Å². The van der Waals surface area contributed by atoms with Gasteiger partial charge in [0.05, 0.1) is 10.7 Å². The van der Waals surface area contributed by atoms with Crippen molar-refractivity contribution in [2.75, 3.05) is 11.1 Å². The Morgan fingerprint density at radius 2 is 1.72 bits per heavy atom. The summed E-state index contributed by atoms with van der Waals surface area (Å²) in [5, 5.41) is 3.07. The predicted molar refractivity (Wildman–Crippen MR) is 73.2 cm³/mol. The van der Waals surface area contributed by atoms with Gasteiger partial charge in [-0.1, -0.05) is 11.6 Å². The summed E-state index contributed by atoms with van der Waals surface area (Å²) < 4.78 is 26.7. The third-order valence-corrected chi connectivity index (χ3v) is 3.12. The Balaban J connectivity index is 2.40. The highest BCUT2D eigenvalue weighted by Gasteiger charge is 2.09. The number of hydrogen-bond acceptors (Lipinski definition) is 2. The fraction of sp³-hybridized carbons (Fsp3) is 0. The number of hydrogen-bond donors (Lipinski definition) is 2. The molecule has 0 spiro atoms. The average molecular weight is 334 g/mol. The van der Waals surface area contributed by atoms with E-state index in [0.717, 1.165) is 6.07 Å². The lowest BCUT2D eigenvalue weighted by Crippen LogP contribution is -1.96. The first-order chi connectivity index (χ1) is 8.45. The number of nitrogens with one attached hydrogen (secondary N) is 1. The van der Waals surface area contributed by atoms with Crippen LogP contribution in [-0.2, 0) is 0 Å². The molecule has 0 atom stereocenters. The molecule has 0 aliphatic heterocycles. The van der Waals surface area contributed by atoms with Crippen LogP contribution in [0.3, 0.4) is 0 Å². The van der Waals surface area contributed by atoms with Crippen LogP contribution in [0.1, 0.15) is 0 Å². The highest BCUT2D eigenvalue weighted by Crippen LogP contribution is 2.34. The minimum absolute atomic E-state index is 0.185. The number of anilines is 3. The summed E-state index contributed by atoms with van der Waals surface area (Å²) in [7, 11) is 0. The Morgan fingerprint density at radius 1 is 1.06 bits per heavy atom. The third kappa shape index (κ3) is 2.91. The zero-order chi connectivity index (χ0) is 13.3. The lowest BCUT2D eigenvalue weighted by atomic mass is 10.2. The van der Waals surface area contributed by atoms with Gasteiger partial charge in [-0.15, -0.1) is 0 Å². The molecule has 18 heavy (non-hydrogen) atoms. The number of rotatable bonds is 2. The van der Waals surface area contributed by atoms with Crippen LogP contribution in [0.15, 0.2) is 34.8 Å². The van der Waals surface area contributed by atoms with Gasteiger partial charge in [-0.2, -0.15) is 0 Å². The summed E-state index contributed by atoms with van der Waals surface area (Å²) >= 11 is 9.09. The molecule has 0 aromatic heterocycles. The molecule has 0 heterocycles. The van der Waals surface area contributed by atoms with Gasteiger partial charge >= 0.3 is 0 Å². The van der Waals surface area contributed by atoms with Crippen molar-refractivity contribution in [3.05, 3.63) is 51.5 Å². The van der Waals surface area contributed by atoms with Crippen molar-refractivity contribution >= 4 is 44.6 Å². The Labute approximate surface area is 116 Å². The monoisotopic (exact) mass is 332 g/mol. The first-order valence-electron chi connectivity index (χ1n) is 4.93. The molecule has 0 saturated carbocycles. The average Bonchev–Trinajstić information content (AvgIpc) is 2.22. The lowest BCUT2D eigenvalue weighted by Gasteiger charge is -2.11. The Kier molecular flexibility index (Phi) is 3.73. The molecule has 0 amide bonds. The smallest absolute Gasteiger partial charge is 0.127 e. The summed E-state index contributed by atoms with van der Waals surface area (Å²) in [4.78, 5) is 0. The van der Waals surface area contributed by atoms with Crippen molar-refractivity contribution in [1.29, 1.82) is 0 Å². The van der Waals surface area contributed by atoms with Crippen LogP contribution < -0.4 is 11.1 Å². The molecule has 0 aliphatic carbocycles.